The molecule has 0 aromatic rings. The lowest BCUT2D eigenvalue weighted by molar-refractivity contribution is -0.541. The van der Waals surface area contributed by atoms with Crippen LogP contribution in [0.4, 0.5) is 4.79 Å². The summed E-state index contributed by atoms with van der Waals surface area (Å²) in [4.78, 5) is 33.0. The van der Waals surface area contributed by atoms with E-state index in [2.05, 4.69) is 13.8 Å². The van der Waals surface area contributed by atoms with Crippen LogP contribution in [0, 0.1) is 0 Å². The molecule has 0 fully saturated rings. The summed E-state index contributed by atoms with van der Waals surface area (Å²) in [7, 11) is 0. The van der Waals surface area contributed by atoms with Gasteiger partial charge in [-0.25, -0.2) is 24.3 Å². The van der Waals surface area contributed by atoms with E-state index in [4.69, 9.17) is 39.1 Å². The zero-order valence-electron chi connectivity index (χ0n) is 22.8. The molecule has 0 amide bonds. The first-order valence-corrected chi connectivity index (χ1v) is 12.8. The van der Waals surface area contributed by atoms with Crippen molar-refractivity contribution >= 4 is 6.16 Å². The third-order valence-corrected chi connectivity index (χ3v) is 4.46. The van der Waals surface area contributed by atoms with Crippen molar-refractivity contribution in [1.29, 1.82) is 0 Å². The molecule has 0 bridgehead atoms. The Morgan fingerprint density at radius 3 is 1.32 bits per heavy atom. The summed E-state index contributed by atoms with van der Waals surface area (Å²) in [5.41, 5.74) is -1.03. The number of carbonyl (C=O) groups is 1. The van der Waals surface area contributed by atoms with E-state index in [-0.39, 0.29) is 13.2 Å². The number of rotatable bonds is 20. The molecule has 34 heavy (non-hydrogen) atoms. The molecule has 9 heteroatoms. The van der Waals surface area contributed by atoms with Gasteiger partial charge in [-0.2, -0.15) is 0 Å². The van der Waals surface area contributed by atoms with Gasteiger partial charge in [-0.05, 0) is 67.2 Å². The lowest BCUT2D eigenvalue weighted by Gasteiger charge is -2.22. The van der Waals surface area contributed by atoms with Crippen molar-refractivity contribution in [3.05, 3.63) is 0 Å². The Bertz CT molecular complexity index is 444. The van der Waals surface area contributed by atoms with Crippen molar-refractivity contribution in [1.82, 2.24) is 0 Å². The average molecular weight is 495 g/mol. The second-order valence-corrected chi connectivity index (χ2v) is 10.5. The summed E-state index contributed by atoms with van der Waals surface area (Å²) in [5, 5.41) is 9.61. The fourth-order valence-corrected chi connectivity index (χ4v) is 2.71. The van der Waals surface area contributed by atoms with Crippen LogP contribution in [0.3, 0.4) is 0 Å². The van der Waals surface area contributed by atoms with Crippen molar-refractivity contribution in [2.45, 2.75) is 143 Å². The van der Waals surface area contributed by atoms with Gasteiger partial charge < -0.3 is 9.47 Å². The highest BCUT2D eigenvalue weighted by Crippen LogP contribution is 2.15. The van der Waals surface area contributed by atoms with Gasteiger partial charge in [0.1, 0.15) is 25.4 Å². The molecule has 0 spiro atoms. The van der Waals surface area contributed by atoms with Crippen LogP contribution in [0.25, 0.3) is 0 Å². The molecular weight excluding hydrogens is 444 g/mol. The summed E-state index contributed by atoms with van der Waals surface area (Å²) >= 11 is 0. The van der Waals surface area contributed by atoms with Crippen LogP contribution in [0.15, 0.2) is 0 Å². The van der Waals surface area contributed by atoms with E-state index in [1.165, 1.54) is 0 Å². The Morgan fingerprint density at radius 1 is 0.618 bits per heavy atom. The molecule has 2 unspecified atom stereocenters. The minimum atomic E-state index is -0.776. The molecule has 0 aromatic carbocycles. The van der Waals surface area contributed by atoms with Crippen LogP contribution < -0.4 is 0 Å². The molecule has 204 valence electrons. The lowest BCUT2D eigenvalue weighted by atomic mass is 10.1. The van der Waals surface area contributed by atoms with Crippen molar-refractivity contribution in [2.75, 3.05) is 13.2 Å². The maximum atomic E-state index is 12.5. The molecule has 2 atom stereocenters. The second kappa shape index (κ2) is 19.2. The van der Waals surface area contributed by atoms with Gasteiger partial charge in [0, 0.05) is 0 Å². The number of ether oxygens (including phenoxy) is 2. The molecule has 0 rings (SSSR count). The van der Waals surface area contributed by atoms with E-state index in [9.17, 15) is 4.79 Å². The normalized spacial score (nSPS) is 14.1. The molecule has 9 nitrogen and oxygen atoms in total. The largest absolute Gasteiger partial charge is 0.508 e. The molecule has 0 aliphatic rings. The van der Waals surface area contributed by atoms with E-state index in [1.807, 2.05) is 41.5 Å². The topological polar surface area (TPSA) is 90.9 Å². The molecule has 0 radical (unpaired) electrons. The van der Waals surface area contributed by atoms with E-state index in [0.29, 0.717) is 12.8 Å². The number of carbonyl (C=O) groups excluding carboxylic acids is 1. The fraction of sp³-hybridized carbons (Fsp3) is 0.960. The zero-order chi connectivity index (χ0) is 25.9. The number of hydrogen-bond donors (Lipinski definition) is 0. The predicted molar refractivity (Wildman–Crippen MR) is 128 cm³/mol. The molecule has 0 aliphatic heterocycles. The van der Waals surface area contributed by atoms with E-state index < -0.39 is 29.6 Å². The summed E-state index contributed by atoms with van der Waals surface area (Å²) in [6, 6.07) is 0. The Balaban J connectivity index is 4.71. The van der Waals surface area contributed by atoms with Gasteiger partial charge in [0.05, 0.1) is 11.2 Å². The highest BCUT2D eigenvalue weighted by atomic mass is 17.5. The second-order valence-electron chi connectivity index (χ2n) is 10.5. The van der Waals surface area contributed by atoms with Crippen LogP contribution >= 0.6 is 0 Å². The zero-order valence-corrected chi connectivity index (χ0v) is 22.8. The van der Waals surface area contributed by atoms with Gasteiger partial charge in [0.2, 0.25) is 0 Å². The van der Waals surface area contributed by atoms with E-state index in [0.717, 1.165) is 51.4 Å². The van der Waals surface area contributed by atoms with Crippen LogP contribution in [0.2, 0.25) is 0 Å². The number of hydrogen-bond acceptors (Lipinski definition) is 9. The minimum absolute atomic E-state index is 0.0392. The van der Waals surface area contributed by atoms with Gasteiger partial charge in [-0.15, -0.1) is 0 Å². The van der Waals surface area contributed by atoms with Crippen molar-refractivity contribution in [3.63, 3.8) is 0 Å². The molecule has 0 saturated heterocycles. The summed E-state index contributed by atoms with van der Waals surface area (Å²) < 4.78 is 11.1. The number of unbranched alkanes of at least 4 members (excludes halogenated alkanes) is 6. The summed E-state index contributed by atoms with van der Waals surface area (Å²) in [5.74, 6) is 0. The fourth-order valence-electron chi connectivity index (χ4n) is 2.71. The lowest BCUT2D eigenvalue weighted by Crippen LogP contribution is -2.30. The van der Waals surface area contributed by atoms with Gasteiger partial charge in [-0.1, -0.05) is 62.4 Å². The van der Waals surface area contributed by atoms with Gasteiger partial charge in [0.25, 0.3) is 0 Å². The van der Waals surface area contributed by atoms with E-state index in [1.54, 1.807) is 0 Å². The molecular formula is C25H50O9. The predicted octanol–water partition coefficient (Wildman–Crippen LogP) is 7.17. The van der Waals surface area contributed by atoms with Gasteiger partial charge >= 0.3 is 6.16 Å². The smallest absolute Gasteiger partial charge is 0.428 e. The van der Waals surface area contributed by atoms with Crippen LogP contribution in [-0.2, 0) is 39.1 Å². The third-order valence-electron chi connectivity index (χ3n) is 4.46. The first-order chi connectivity index (χ1) is 16.0. The summed E-state index contributed by atoms with van der Waals surface area (Å²) in [6.45, 7) is 15.4. The minimum Gasteiger partial charge on any atom is -0.428 e. The maximum Gasteiger partial charge on any atom is 0.508 e. The standard InChI is InChI=1S/C25H50O9/c1-9-11-13-15-17-21(19-27-33-31-24(3,4)5)29-23(26)30-22(18-16-14-12-10-2)20-28-34-32-25(6,7)8/h21-22H,9-20H2,1-8H3. The van der Waals surface area contributed by atoms with E-state index >= 15 is 0 Å². The quantitative estimate of drug-likeness (QED) is 0.0755. The maximum absolute atomic E-state index is 12.5. The Morgan fingerprint density at radius 2 is 1.00 bits per heavy atom. The van der Waals surface area contributed by atoms with Gasteiger partial charge in [0.15, 0.2) is 0 Å². The Hall–Kier alpha value is -0.970. The SMILES string of the molecule is CCCCCCC(COOOC(C)(C)C)OC(=O)OC(CCCCCC)COOOC(C)(C)C. The monoisotopic (exact) mass is 494 g/mol. The third kappa shape index (κ3) is 22.8. The molecule has 0 heterocycles. The van der Waals surface area contributed by atoms with Crippen molar-refractivity contribution in [3.8, 4) is 0 Å². The molecule has 0 aromatic heterocycles. The highest BCUT2D eigenvalue weighted by molar-refractivity contribution is 5.60. The molecule has 0 N–H and O–H groups in total. The average Bonchev–Trinajstić information content (AvgIpc) is 2.72. The van der Waals surface area contributed by atoms with Crippen molar-refractivity contribution < 1.29 is 43.9 Å². The van der Waals surface area contributed by atoms with Crippen LogP contribution in [-0.4, -0.2) is 42.8 Å². The molecule has 0 aliphatic carbocycles. The molecule has 0 saturated carbocycles. The summed E-state index contributed by atoms with van der Waals surface area (Å²) in [6.07, 6.45) is 7.82. The van der Waals surface area contributed by atoms with Crippen LogP contribution in [0.5, 0.6) is 0 Å². The first-order valence-electron chi connectivity index (χ1n) is 12.8. The van der Waals surface area contributed by atoms with Gasteiger partial charge in [-0.3, -0.25) is 0 Å². The van der Waals surface area contributed by atoms with Crippen LogP contribution in [0.1, 0.15) is 120 Å². The van der Waals surface area contributed by atoms with Crippen molar-refractivity contribution in [2.24, 2.45) is 0 Å². The highest BCUT2D eigenvalue weighted by Gasteiger charge is 2.22. The Labute approximate surface area is 206 Å². The first kappa shape index (κ1) is 33.0. The Kier molecular flexibility index (Phi) is 18.7.